The van der Waals surface area contributed by atoms with Crippen LogP contribution in [0.25, 0.3) is 5.69 Å². The van der Waals surface area contributed by atoms with Gasteiger partial charge in [-0.25, -0.2) is 9.48 Å². The van der Waals surface area contributed by atoms with Crippen LogP contribution in [-0.4, -0.2) is 45.5 Å². The summed E-state index contributed by atoms with van der Waals surface area (Å²) < 4.78 is 8.11. The number of aromatic amines is 1. The Morgan fingerprint density at radius 1 is 1.08 bits per heavy atom. The predicted molar refractivity (Wildman–Crippen MR) is 138 cm³/mol. The molecule has 0 aliphatic carbocycles. The van der Waals surface area contributed by atoms with Crippen LogP contribution in [0.5, 0.6) is 0 Å². The number of nitrogen functional groups attached to an aromatic ring is 1. The van der Waals surface area contributed by atoms with Crippen molar-refractivity contribution in [1.82, 2.24) is 19.3 Å². The van der Waals surface area contributed by atoms with Crippen LogP contribution in [0.3, 0.4) is 0 Å². The Labute approximate surface area is 207 Å². The molecule has 0 saturated heterocycles. The molecule has 1 amide bonds. The maximum absolute atomic E-state index is 13.8. The quantitative estimate of drug-likeness (QED) is 0.392. The number of nitrogens with one attached hydrogen (secondary N) is 1. The Kier molecular flexibility index (Phi) is 7.16. The van der Waals surface area contributed by atoms with Gasteiger partial charge in [0.15, 0.2) is 5.69 Å². The van der Waals surface area contributed by atoms with Crippen molar-refractivity contribution in [2.24, 2.45) is 0 Å². The molecule has 3 N–H and O–H groups in total. The average molecular weight is 489 g/mol. The second-order valence-electron chi connectivity index (χ2n) is 8.36. The summed E-state index contributed by atoms with van der Waals surface area (Å²) in [5.41, 5.74) is 8.38. The molecule has 186 valence electrons. The number of carbonyl (C=O) groups is 1. The number of benzene rings is 2. The van der Waals surface area contributed by atoms with Crippen molar-refractivity contribution in [3.05, 3.63) is 104 Å². The Hall–Kier alpha value is -4.44. The number of H-pyrrole nitrogens is 1. The molecular formula is C26H28N6O4. The van der Waals surface area contributed by atoms with E-state index in [1.165, 1.54) is 22.8 Å². The van der Waals surface area contributed by atoms with Crippen molar-refractivity contribution in [3.8, 4) is 5.69 Å². The Morgan fingerprint density at radius 3 is 2.47 bits per heavy atom. The van der Waals surface area contributed by atoms with E-state index >= 15 is 0 Å². The van der Waals surface area contributed by atoms with Gasteiger partial charge in [-0.1, -0.05) is 48.5 Å². The topological polar surface area (TPSA) is 128 Å². The third-order valence-electron chi connectivity index (χ3n) is 6.02. The monoisotopic (exact) mass is 488 g/mol. The first-order chi connectivity index (χ1) is 17.3. The lowest BCUT2D eigenvalue weighted by Gasteiger charge is -2.24. The summed E-state index contributed by atoms with van der Waals surface area (Å²) in [5.74, 6) is -0.590. The lowest BCUT2D eigenvalue weighted by atomic mass is 10.1. The zero-order chi connectivity index (χ0) is 25.8. The van der Waals surface area contributed by atoms with Crippen LogP contribution in [0, 0.1) is 13.8 Å². The molecule has 0 spiro atoms. The Balaban J connectivity index is 1.80. The zero-order valence-electron chi connectivity index (χ0n) is 20.4. The number of hydrogen-bond donors (Lipinski definition) is 2. The molecule has 0 unspecified atom stereocenters. The highest BCUT2D eigenvalue weighted by molar-refractivity contribution is 6.07. The highest BCUT2D eigenvalue weighted by Gasteiger charge is 2.28. The number of nitrogens with zero attached hydrogens (tertiary/aromatic N) is 4. The first-order valence-electron chi connectivity index (χ1n) is 11.4. The van der Waals surface area contributed by atoms with Gasteiger partial charge in [-0.05, 0) is 31.0 Å². The van der Waals surface area contributed by atoms with E-state index in [0.717, 1.165) is 16.8 Å². The fourth-order valence-corrected chi connectivity index (χ4v) is 4.07. The first kappa shape index (κ1) is 24.7. The SMILES string of the molecule is COCCN(C(=O)c1cnn(-c2ccccc2C)c1C)c1c(N)n(Cc2ccccc2)c(=O)[nH]c1=O. The van der Waals surface area contributed by atoms with Crippen molar-refractivity contribution in [1.29, 1.82) is 0 Å². The number of hydrogen-bond acceptors (Lipinski definition) is 6. The average Bonchev–Trinajstić information content (AvgIpc) is 3.25. The van der Waals surface area contributed by atoms with Crippen molar-refractivity contribution in [2.45, 2.75) is 20.4 Å². The minimum atomic E-state index is -0.754. The van der Waals surface area contributed by atoms with Gasteiger partial charge in [0.1, 0.15) is 5.82 Å². The van der Waals surface area contributed by atoms with E-state index in [0.29, 0.717) is 11.3 Å². The Morgan fingerprint density at radius 2 is 1.78 bits per heavy atom. The molecular weight excluding hydrogens is 460 g/mol. The molecule has 0 bridgehead atoms. The van der Waals surface area contributed by atoms with E-state index in [2.05, 4.69) is 10.1 Å². The smallest absolute Gasteiger partial charge is 0.330 e. The minimum Gasteiger partial charge on any atom is -0.383 e. The number of aryl methyl sites for hydroxylation is 1. The van der Waals surface area contributed by atoms with E-state index in [-0.39, 0.29) is 31.2 Å². The fourth-order valence-electron chi connectivity index (χ4n) is 4.07. The van der Waals surface area contributed by atoms with Gasteiger partial charge >= 0.3 is 5.69 Å². The molecule has 36 heavy (non-hydrogen) atoms. The third-order valence-corrected chi connectivity index (χ3v) is 6.02. The van der Waals surface area contributed by atoms with Gasteiger partial charge in [0.25, 0.3) is 11.5 Å². The molecule has 0 radical (unpaired) electrons. The van der Waals surface area contributed by atoms with Crippen LogP contribution in [-0.2, 0) is 11.3 Å². The number of methoxy groups -OCH3 is 1. The summed E-state index contributed by atoms with van der Waals surface area (Å²) in [5, 5.41) is 4.42. The third kappa shape index (κ3) is 4.71. The zero-order valence-corrected chi connectivity index (χ0v) is 20.4. The Bertz CT molecular complexity index is 1500. The number of para-hydroxylation sites is 1. The summed E-state index contributed by atoms with van der Waals surface area (Å²) in [6, 6.07) is 16.9. The van der Waals surface area contributed by atoms with Crippen LogP contribution in [0.4, 0.5) is 11.5 Å². The molecule has 0 fully saturated rings. The van der Waals surface area contributed by atoms with Gasteiger partial charge in [-0.3, -0.25) is 24.0 Å². The van der Waals surface area contributed by atoms with Gasteiger partial charge in [-0.15, -0.1) is 0 Å². The highest BCUT2D eigenvalue weighted by atomic mass is 16.5. The number of amides is 1. The number of nitrogens with two attached hydrogens (primary N) is 1. The number of ether oxygens (including phenoxy) is 1. The molecule has 10 heteroatoms. The lowest BCUT2D eigenvalue weighted by molar-refractivity contribution is 0.0975. The molecule has 10 nitrogen and oxygen atoms in total. The van der Waals surface area contributed by atoms with E-state index in [1.807, 2.05) is 61.5 Å². The minimum absolute atomic E-state index is 0.0428. The summed E-state index contributed by atoms with van der Waals surface area (Å²) in [7, 11) is 1.49. The molecule has 4 aromatic rings. The van der Waals surface area contributed by atoms with E-state index < -0.39 is 17.2 Å². The van der Waals surface area contributed by atoms with Gasteiger partial charge in [0, 0.05) is 13.7 Å². The first-order valence-corrected chi connectivity index (χ1v) is 11.4. The van der Waals surface area contributed by atoms with Gasteiger partial charge < -0.3 is 10.5 Å². The molecule has 2 heterocycles. The fraction of sp³-hybridized carbons (Fsp3) is 0.231. The van der Waals surface area contributed by atoms with Gasteiger partial charge in [0.05, 0.1) is 36.3 Å². The van der Waals surface area contributed by atoms with Crippen LogP contribution >= 0.6 is 0 Å². The molecule has 0 atom stereocenters. The molecule has 2 aromatic carbocycles. The van der Waals surface area contributed by atoms with Crippen LogP contribution in [0.2, 0.25) is 0 Å². The van der Waals surface area contributed by atoms with Crippen molar-refractivity contribution >= 4 is 17.4 Å². The van der Waals surface area contributed by atoms with E-state index in [1.54, 1.807) is 11.6 Å². The van der Waals surface area contributed by atoms with E-state index in [9.17, 15) is 14.4 Å². The molecule has 2 aromatic heterocycles. The predicted octanol–water partition coefficient (Wildman–Crippen LogP) is 2.26. The van der Waals surface area contributed by atoms with Gasteiger partial charge in [-0.2, -0.15) is 5.10 Å². The second kappa shape index (κ2) is 10.4. The second-order valence-corrected chi connectivity index (χ2v) is 8.36. The summed E-state index contributed by atoms with van der Waals surface area (Å²) in [6.07, 6.45) is 1.47. The molecule has 0 saturated carbocycles. The highest BCUT2D eigenvalue weighted by Crippen LogP contribution is 2.23. The number of aromatic nitrogens is 4. The number of carbonyl (C=O) groups excluding carboxylic acids is 1. The molecule has 4 rings (SSSR count). The number of rotatable bonds is 8. The van der Waals surface area contributed by atoms with Crippen molar-refractivity contribution < 1.29 is 9.53 Å². The van der Waals surface area contributed by atoms with Crippen molar-refractivity contribution in [3.63, 3.8) is 0 Å². The van der Waals surface area contributed by atoms with Crippen LogP contribution in [0.1, 0.15) is 27.2 Å². The van der Waals surface area contributed by atoms with Gasteiger partial charge in [0.2, 0.25) is 0 Å². The van der Waals surface area contributed by atoms with E-state index in [4.69, 9.17) is 10.5 Å². The standard InChI is InChI=1S/C26H28N6O4/c1-17-9-7-8-12-21(17)32-18(2)20(15-28-32)25(34)30(13-14-36-3)22-23(27)31(26(35)29-24(22)33)16-19-10-5-4-6-11-19/h4-12,15H,13-14,16,27H2,1-3H3,(H,29,33,35). The normalized spacial score (nSPS) is 11.0. The maximum atomic E-state index is 13.8. The summed E-state index contributed by atoms with van der Waals surface area (Å²) in [6.45, 7) is 4.06. The molecule has 0 aliphatic heterocycles. The maximum Gasteiger partial charge on any atom is 0.330 e. The van der Waals surface area contributed by atoms with Crippen LogP contribution < -0.4 is 21.9 Å². The van der Waals surface area contributed by atoms with Crippen molar-refractivity contribution in [2.75, 3.05) is 30.9 Å². The number of anilines is 2. The largest absolute Gasteiger partial charge is 0.383 e. The lowest BCUT2D eigenvalue weighted by Crippen LogP contribution is -2.42. The summed E-state index contributed by atoms with van der Waals surface area (Å²) in [4.78, 5) is 42.9. The summed E-state index contributed by atoms with van der Waals surface area (Å²) >= 11 is 0. The molecule has 0 aliphatic rings. The van der Waals surface area contributed by atoms with Crippen LogP contribution in [0.15, 0.2) is 70.4 Å².